The van der Waals surface area contributed by atoms with Crippen LogP contribution in [0.1, 0.15) is 39.2 Å². The highest BCUT2D eigenvalue weighted by Crippen LogP contribution is 2.35. The fourth-order valence-corrected chi connectivity index (χ4v) is 6.05. The van der Waals surface area contributed by atoms with E-state index >= 15 is 0 Å². The number of rotatable bonds is 7. The number of nitrogens with zero attached hydrogens (tertiary/aromatic N) is 2. The van der Waals surface area contributed by atoms with Crippen LogP contribution in [0.5, 0.6) is 0 Å². The fourth-order valence-electron chi connectivity index (χ4n) is 4.09. The molecule has 0 saturated heterocycles. The number of carbonyl (C=O) groups is 2. The maximum Gasteiger partial charge on any atom is 0.237 e. The predicted octanol–water partition coefficient (Wildman–Crippen LogP) is 5.74. The van der Waals surface area contributed by atoms with Gasteiger partial charge in [0.1, 0.15) is 0 Å². The second-order valence-electron chi connectivity index (χ2n) is 7.90. The first-order valence-electron chi connectivity index (χ1n) is 10.7. The molecule has 4 rings (SSSR count). The SMILES string of the molecule is CCC(CC)C(=O)Nc1ccc2nc(SCC(=O)N3c4ccccc4C[C@@H]3C)sc2c1. The Balaban J connectivity index is 1.42. The van der Waals surface area contributed by atoms with Gasteiger partial charge in [0, 0.05) is 23.3 Å². The largest absolute Gasteiger partial charge is 0.326 e. The number of benzene rings is 2. The average Bonchev–Trinajstić information content (AvgIpc) is 3.32. The molecule has 31 heavy (non-hydrogen) atoms. The van der Waals surface area contributed by atoms with E-state index in [0.717, 1.165) is 45.2 Å². The highest BCUT2D eigenvalue weighted by Gasteiger charge is 2.30. The van der Waals surface area contributed by atoms with Crippen LogP contribution in [0, 0.1) is 5.92 Å². The van der Waals surface area contributed by atoms with Crippen LogP contribution in [0.2, 0.25) is 0 Å². The van der Waals surface area contributed by atoms with Crippen LogP contribution in [0.3, 0.4) is 0 Å². The summed E-state index contributed by atoms with van der Waals surface area (Å²) in [5.74, 6) is 0.567. The number of hydrogen-bond donors (Lipinski definition) is 1. The van der Waals surface area contributed by atoms with E-state index in [2.05, 4.69) is 23.3 Å². The van der Waals surface area contributed by atoms with Crippen molar-refractivity contribution in [3.63, 3.8) is 0 Å². The number of para-hydroxylation sites is 1. The lowest BCUT2D eigenvalue weighted by Crippen LogP contribution is -2.36. The van der Waals surface area contributed by atoms with Gasteiger partial charge >= 0.3 is 0 Å². The molecular weight excluding hydrogens is 426 g/mol. The lowest BCUT2D eigenvalue weighted by Gasteiger charge is -2.22. The number of nitrogens with one attached hydrogen (secondary N) is 1. The molecule has 1 aliphatic heterocycles. The zero-order valence-corrected chi connectivity index (χ0v) is 19.7. The number of anilines is 2. The Bertz CT molecular complexity index is 1110. The highest BCUT2D eigenvalue weighted by atomic mass is 32.2. The third-order valence-electron chi connectivity index (χ3n) is 5.79. The standard InChI is InChI=1S/C24H27N3O2S2/c1-4-16(5-2)23(29)25-18-10-11-19-21(13-18)31-24(26-19)30-14-22(28)27-15(3)12-17-8-6-7-9-20(17)27/h6-11,13,15-16H,4-5,12,14H2,1-3H3,(H,25,29)/t15-/m0/s1. The molecule has 1 N–H and O–H groups in total. The van der Waals surface area contributed by atoms with Crippen molar-refractivity contribution in [3.05, 3.63) is 48.0 Å². The molecule has 1 atom stereocenters. The third kappa shape index (κ3) is 4.62. The van der Waals surface area contributed by atoms with E-state index in [4.69, 9.17) is 0 Å². The normalized spacial score (nSPS) is 15.5. The first kappa shape index (κ1) is 21.8. The van der Waals surface area contributed by atoms with E-state index < -0.39 is 0 Å². The van der Waals surface area contributed by atoms with Crippen molar-refractivity contribution in [1.82, 2.24) is 4.98 Å². The van der Waals surface area contributed by atoms with Gasteiger partial charge < -0.3 is 10.2 Å². The van der Waals surface area contributed by atoms with Crippen molar-refractivity contribution in [3.8, 4) is 0 Å². The summed E-state index contributed by atoms with van der Waals surface area (Å²) in [5, 5.41) is 3.02. The molecule has 0 unspecified atom stereocenters. The van der Waals surface area contributed by atoms with Gasteiger partial charge in [-0.2, -0.15) is 0 Å². The summed E-state index contributed by atoms with van der Waals surface area (Å²) in [5.41, 5.74) is 3.95. The summed E-state index contributed by atoms with van der Waals surface area (Å²) >= 11 is 3.04. The Labute approximate surface area is 191 Å². The van der Waals surface area contributed by atoms with Gasteiger partial charge in [0.05, 0.1) is 16.0 Å². The summed E-state index contributed by atoms with van der Waals surface area (Å²) in [4.78, 5) is 31.9. The fraction of sp³-hybridized carbons (Fsp3) is 0.375. The van der Waals surface area contributed by atoms with Crippen molar-refractivity contribution < 1.29 is 9.59 Å². The van der Waals surface area contributed by atoms with E-state index in [1.165, 1.54) is 17.3 Å². The number of thiazole rings is 1. The van der Waals surface area contributed by atoms with Gasteiger partial charge in [-0.05, 0) is 56.0 Å². The van der Waals surface area contributed by atoms with Crippen LogP contribution in [-0.2, 0) is 16.0 Å². The summed E-state index contributed by atoms with van der Waals surface area (Å²) in [6.07, 6.45) is 2.57. The number of fused-ring (bicyclic) bond motifs is 2. The summed E-state index contributed by atoms with van der Waals surface area (Å²) in [6.45, 7) is 6.16. The van der Waals surface area contributed by atoms with Crippen LogP contribution < -0.4 is 10.2 Å². The smallest absolute Gasteiger partial charge is 0.237 e. The summed E-state index contributed by atoms with van der Waals surface area (Å²) < 4.78 is 1.88. The zero-order valence-electron chi connectivity index (χ0n) is 18.1. The Morgan fingerprint density at radius 2 is 2.00 bits per heavy atom. The molecule has 0 fully saturated rings. The van der Waals surface area contributed by atoms with Crippen LogP contribution in [-0.4, -0.2) is 28.6 Å². The Morgan fingerprint density at radius 3 is 2.77 bits per heavy atom. The minimum atomic E-state index is 0.0346. The number of hydrogen-bond acceptors (Lipinski definition) is 5. The van der Waals surface area contributed by atoms with Gasteiger partial charge in [0.15, 0.2) is 4.34 Å². The lowest BCUT2D eigenvalue weighted by molar-refractivity contribution is -0.120. The Morgan fingerprint density at radius 1 is 1.23 bits per heavy atom. The van der Waals surface area contributed by atoms with Gasteiger partial charge in [-0.1, -0.05) is 43.8 Å². The Hall–Kier alpha value is -2.38. The molecule has 7 heteroatoms. The minimum absolute atomic E-state index is 0.0346. The van der Waals surface area contributed by atoms with Crippen molar-refractivity contribution in [2.24, 2.45) is 5.92 Å². The molecule has 162 valence electrons. The van der Waals surface area contributed by atoms with E-state index in [0.29, 0.717) is 5.75 Å². The first-order chi connectivity index (χ1) is 15.0. The molecule has 2 aromatic carbocycles. The molecule has 3 aromatic rings. The van der Waals surface area contributed by atoms with Gasteiger partial charge in [0.25, 0.3) is 0 Å². The quantitative estimate of drug-likeness (QED) is 0.463. The number of thioether (sulfide) groups is 1. The van der Waals surface area contributed by atoms with Crippen molar-refractivity contribution >= 4 is 56.5 Å². The average molecular weight is 454 g/mol. The lowest BCUT2D eigenvalue weighted by atomic mass is 10.0. The van der Waals surface area contributed by atoms with E-state index in [1.807, 2.05) is 55.1 Å². The zero-order chi connectivity index (χ0) is 22.0. The van der Waals surface area contributed by atoms with E-state index in [-0.39, 0.29) is 23.8 Å². The molecule has 5 nitrogen and oxygen atoms in total. The van der Waals surface area contributed by atoms with E-state index in [9.17, 15) is 9.59 Å². The van der Waals surface area contributed by atoms with Crippen molar-refractivity contribution in [2.45, 2.75) is 50.4 Å². The summed E-state index contributed by atoms with van der Waals surface area (Å²) in [7, 11) is 0. The number of carbonyl (C=O) groups excluding carboxylic acids is 2. The molecule has 0 radical (unpaired) electrons. The monoisotopic (exact) mass is 453 g/mol. The van der Waals surface area contributed by atoms with Gasteiger partial charge in [0.2, 0.25) is 11.8 Å². The molecule has 1 aliphatic rings. The minimum Gasteiger partial charge on any atom is -0.326 e. The van der Waals surface area contributed by atoms with Gasteiger partial charge in [-0.3, -0.25) is 9.59 Å². The Kier molecular flexibility index (Phi) is 6.62. The topological polar surface area (TPSA) is 62.3 Å². The molecular formula is C24H27N3O2S2. The van der Waals surface area contributed by atoms with Crippen LogP contribution in [0.25, 0.3) is 10.2 Å². The predicted molar refractivity (Wildman–Crippen MR) is 130 cm³/mol. The van der Waals surface area contributed by atoms with Crippen LogP contribution >= 0.6 is 23.1 Å². The van der Waals surface area contributed by atoms with Crippen LogP contribution in [0.4, 0.5) is 11.4 Å². The number of amides is 2. The maximum atomic E-state index is 12.9. The van der Waals surface area contributed by atoms with Gasteiger partial charge in [-0.15, -0.1) is 11.3 Å². The molecule has 1 aromatic heterocycles. The molecule has 2 amide bonds. The molecule has 2 heterocycles. The van der Waals surface area contributed by atoms with Crippen molar-refractivity contribution in [1.29, 1.82) is 0 Å². The van der Waals surface area contributed by atoms with Crippen LogP contribution in [0.15, 0.2) is 46.8 Å². The summed E-state index contributed by atoms with van der Waals surface area (Å²) in [6, 6.07) is 14.1. The second-order valence-corrected chi connectivity index (χ2v) is 10.2. The molecule has 0 spiro atoms. The third-order valence-corrected chi connectivity index (χ3v) is 7.93. The second kappa shape index (κ2) is 9.40. The molecule has 0 saturated carbocycles. The first-order valence-corrected chi connectivity index (χ1v) is 12.5. The van der Waals surface area contributed by atoms with E-state index in [1.54, 1.807) is 11.3 Å². The highest BCUT2D eigenvalue weighted by molar-refractivity contribution is 8.01. The number of aromatic nitrogens is 1. The molecule has 0 bridgehead atoms. The van der Waals surface area contributed by atoms with Gasteiger partial charge in [-0.25, -0.2) is 4.98 Å². The van der Waals surface area contributed by atoms with Crippen molar-refractivity contribution in [2.75, 3.05) is 16.0 Å². The molecule has 0 aliphatic carbocycles. The maximum absolute atomic E-state index is 12.9.